The number of hydrogen-bond acceptors (Lipinski definition) is 5. The van der Waals surface area contributed by atoms with Gasteiger partial charge in [0.1, 0.15) is 4.37 Å². The van der Waals surface area contributed by atoms with Crippen LogP contribution in [0, 0.1) is 11.3 Å². The molecule has 0 bridgehead atoms. The summed E-state index contributed by atoms with van der Waals surface area (Å²) in [5, 5.41) is 0. The first-order valence-corrected chi connectivity index (χ1v) is 13.3. The molecule has 0 amide bonds. The molecule has 0 saturated carbocycles. The van der Waals surface area contributed by atoms with Gasteiger partial charge in [-0.3, -0.25) is 0 Å². The molecule has 148 valence electrons. The monoisotopic (exact) mass is 410 g/mol. The van der Waals surface area contributed by atoms with Gasteiger partial charge < -0.3 is 17.8 Å². The van der Waals surface area contributed by atoms with E-state index in [0.29, 0.717) is 26.2 Å². The molecule has 1 rings (SSSR count). The van der Waals surface area contributed by atoms with Gasteiger partial charge in [-0.15, -0.1) is 0 Å². The number of allylic oxidation sites excluding steroid dienone is 2. The largest absolute Gasteiger partial charge is 0.523 e. The first kappa shape index (κ1) is 23.2. The van der Waals surface area contributed by atoms with E-state index in [9.17, 15) is 8.76 Å². The van der Waals surface area contributed by atoms with Crippen molar-refractivity contribution in [2.24, 2.45) is 11.3 Å². The second kappa shape index (κ2) is 8.90. The van der Waals surface area contributed by atoms with Crippen LogP contribution in [0.3, 0.4) is 0 Å². The normalized spacial score (nSPS) is 32.5. The summed E-state index contributed by atoms with van der Waals surface area (Å²) in [6.45, 7) is 12.8. The van der Waals surface area contributed by atoms with E-state index in [0.717, 1.165) is 12.8 Å². The maximum Gasteiger partial charge on any atom is 0.523 e. The fourth-order valence-electron chi connectivity index (χ4n) is 4.13. The van der Waals surface area contributed by atoms with Gasteiger partial charge in [-0.25, -0.2) is 4.21 Å². The van der Waals surface area contributed by atoms with E-state index in [2.05, 4.69) is 19.9 Å². The zero-order chi connectivity index (χ0) is 19.4. The van der Waals surface area contributed by atoms with Crippen molar-refractivity contribution in [3.8, 4) is 0 Å². The molecular weight excluding hydrogens is 376 g/mol. The minimum atomic E-state index is -3.68. The second-order valence-electron chi connectivity index (χ2n) is 6.80. The Morgan fingerprint density at radius 1 is 1.20 bits per heavy atom. The first-order chi connectivity index (χ1) is 11.6. The van der Waals surface area contributed by atoms with Gasteiger partial charge in [0.15, 0.2) is 8.77 Å². The molecule has 0 spiro atoms. The van der Waals surface area contributed by atoms with Crippen molar-refractivity contribution in [2.75, 3.05) is 19.8 Å². The van der Waals surface area contributed by atoms with Crippen LogP contribution in [0.15, 0.2) is 12.2 Å². The highest BCUT2D eigenvalue weighted by Gasteiger charge is 2.71. The van der Waals surface area contributed by atoms with Crippen LogP contribution in [0.4, 0.5) is 0 Å². The van der Waals surface area contributed by atoms with Crippen molar-refractivity contribution in [1.29, 1.82) is 0 Å². The van der Waals surface area contributed by atoms with Gasteiger partial charge in [-0.05, 0) is 44.9 Å². The van der Waals surface area contributed by atoms with Gasteiger partial charge in [0, 0.05) is 31.0 Å². The highest BCUT2D eigenvalue weighted by atomic mass is 32.8. The van der Waals surface area contributed by atoms with Gasteiger partial charge in [0.2, 0.25) is 0 Å². The summed E-state index contributed by atoms with van der Waals surface area (Å²) in [5.41, 5.74) is -0.263. The van der Waals surface area contributed by atoms with Gasteiger partial charge in [0.25, 0.3) is 0 Å². The molecule has 4 unspecified atom stereocenters. The predicted octanol–water partition coefficient (Wildman–Crippen LogP) is 3.93. The molecule has 4 atom stereocenters. The summed E-state index contributed by atoms with van der Waals surface area (Å²) in [4.78, 5) is 0. The van der Waals surface area contributed by atoms with Crippen molar-refractivity contribution in [2.45, 2.75) is 65.2 Å². The summed E-state index contributed by atoms with van der Waals surface area (Å²) in [5.74, 6) is -0.212. The molecule has 0 aromatic heterocycles. The van der Waals surface area contributed by atoms with Gasteiger partial charge in [0.05, 0.1) is 0 Å². The van der Waals surface area contributed by atoms with Gasteiger partial charge in [-0.1, -0.05) is 39.3 Å². The lowest BCUT2D eigenvalue weighted by atomic mass is 9.69. The maximum atomic E-state index is 13.2. The van der Waals surface area contributed by atoms with Crippen LogP contribution in [0.1, 0.15) is 60.8 Å². The van der Waals surface area contributed by atoms with Crippen molar-refractivity contribution in [3.05, 3.63) is 12.2 Å². The Labute approximate surface area is 159 Å². The minimum Gasteiger partial charge on any atom is -0.373 e. The molecule has 8 heteroatoms. The Kier molecular flexibility index (Phi) is 8.27. The molecule has 0 aliphatic heterocycles. The van der Waals surface area contributed by atoms with Crippen LogP contribution in [-0.2, 0) is 33.2 Å². The third kappa shape index (κ3) is 4.05. The molecule has 0 radical (unpaired) electrons. The van der Waals surface area contributed by atoms with E-state index in [1.54, 1.807) is 0 Å². The Bertz CT molecular complexity index is 548. The lowest BCUT2D eigenvalue weighted by Crippen LogP contribution is -2.73. The zero-order valence-corrected chi connectivity index (χ0v) is 19.0. The van der Waals surface area contributed by atoms with Crippen LogP contribution < -0.4 is 0 Å². The average molecular weight is 411 g/mol. The first-order valence-electron chi connectivity index (χ1n) is 9.17. The molecule has 0 aromatic rings. The molecule has 25 heavy (non-hydrogen) atoms. The summed E-state index contributed by atoms with van der Waals surface area (Å²) in [6, 6.07) is 0. The van der Waals surface area contributed by atoms with E-state index < -0.39 is 21.9 Å². The second-order valence-corrected chi connectivity index (χ2v) is 13.1. The molecular formula is C17H34O5S2Si. The van der Waals surface area contributed by atoms with Crippen LogP contribution in [0.25, 0.3) is 0 Å². The fourth-order valence-corrected chi connectivity index (χ4v) is 11.9. The molecule has 5 nitrogen and oxygen atoms in total. The Balaban J connectivity index is 3.72. The van der Waals surface area contributed by atoms with Crippen molar-refractivity contribution in [1.82, 2.24) is 0 Å². The van der Waals surface area contributed by atoms with E-state index in [1.165, 1.54) is 0 Å². The zero-order valence-electron chi connectivity index (χ0n) is 16.4. The predicted molar refractivity (Wildman–Crippen MR) is 107 cm³/mol. The highest BCUT2D eigenvalue weighted by molar-refractivity contribution is 8.31. The lowest BCUT2D eigenvalue weighted by molar-refractivity contribution is 0.0351. The van der Waals surface area contributed by atoms with Crippen molar-refractivity contribution in [3.63, 3.8) is 0 Å². The fraction of sp³-hybridized carbons (Fsp3) is 0.882. The quantitative estimate of drug-likeness (QED) is 0.435. The molecule has 0 heterocycles. The van der Waals surface area contributed by atoms with E-state index in [-0.39, 0.29) is 11.3 Å². The summed E-state index contributed by atoms with van der Waals surface area (Å²) in [6.07, 6.45) is 6.32. The maximum absolute atomic E-state index is 13.2. The van der Waals surface area contributed by atoms with Gasteiger partial charge in [-0.2, -0.15) is 0 Å². The van der Waals surface area contributed by atoms with Crippen molar-refractivity contribution < 1.29 is 22.0 Å². The van der Waals surface area contributed by atoms with Crippen LogP contribution in [-0.4, -0.2) is 41.8 Å². The van der Waals surface area contributed by atoms with Crippen LogP contribution >= 0.6 is 0 Å². The molecule has 1 aliphatic carbocycles. The topological polar surface area (TPSA) is 65.0 Å². The van der Waals surface area contributed by atoms with Crippen LogP contribution in [0.2, 0.25) is 0 Å². The van der Waals surface area contributed by atoms with Crippen LogP contribution in [0.5, 0.6) is 0 Å². The van der Waals surface area contributed by atoms with Crippen molar-refractivity contribution >= 4 is 28.8 Å². The minimum absolute atomic E-state index is 0.212. The summed E-state index contributed by atoms with van der Waals surface area (Å²) >= 11 is 5.22. The third-order valence-corrected chi connectivity index (χ3v) is 13.4. The highest BCUT2D eigenvalue weighted by Crippen LogP contribution is 2.53. The summed E-state index contributed by atoms with van der Waals surface area (Å²) in [7, 11) is -7.22. The Morgan fingerprint density at radius 2 is 1.68 bits per heavy atom. The number of hydrogen-bond donors (Lipinski definition) is 1. The van der Waals surface area contributed by atoms with E-state index in [1.807, 2.05) is 33.8 Å². The van der Waals surface area contributed by atoms with Gasteiger partial charge >= 0.3 is 8.80 Å². The van der Waals surface area contributed by atoms with E-state index >= 15 is 0 Å². The molecule has 1 aliphatic rings. The third-order valence-electron chi connectivity index (χ3n) is 5.38. The molecule has 1 N–H and O–H groups in total. The lowest BCUT2D eigenvalue weighted by Gasteiger charge is -2.53. The smallest absolute Gasteiger partial charge is 0.373 e. The summed E-state index contributed by atoms with van der Waals surface area (Å²) < 4.78 is 40.9. The molecule has 0 fully saturated rings. The SMILES string of the molecule is CCCC1(C)C=CCC([Si](OCC)(OCC)OCC)(S(=O)(O)=S)C1C. The average Bonchev–Trinajstić information content (AvgIpc) is 2.50. The number of rotatable bonds is 10. The molecule has 0 aromatic carbocycles. The van der Waals surface area contributed by atoms with E-state index in [4.69, 9.17) is 24.5 Å². The Morgan fingerprint density at radius 3 is 2.04 bits per heavy atom. The molecule has 0 saturated heterocycles. The Hall–Kier alpha value is 0.167. The standard InChI is InChI=1S/C17H34O5S2Si/c1-7-12-16(6)13-11-14-17(15(16)5,24(18,19)23)25(20-8-2,21-9-3)22-10-4/h11,13,15H,7-10,12,14H2,1-6H3,(H,18,19,23).